The highest BCUT2D eigenvalue weighted by Gasteiger charge is 2.21. The topological polar surface area (TPSA) is 109 Å². The molecule has 1 unspecified atom stereocenters. The molecule has 1 aromatic rings. The first-order valence-corrected chi connectivity index (χ1v) is 8.19. The zero-order valence-corrected chi connectivity index (χ0v) is 13.3. The molecule has 1 aromatic carbocycles. The standard InChI is InChI=1S/C14H22N2O4S/c1-9(2)6-11(8-17)16-21(19,20)12-5-4-10(3)13(7-12)14(15)18/h4-5,7,9,11,16-17H,6,8H2,1-3H3,(H2,15,18). The minimum atomic E-state index is -3.81. The van der Waals surface area contributed by atoms with Crippen molar-refractivity contribution in [2.24, 2.45) is 11.7 Å². The van der Waals surface area contributed by atoms with Crippen molar-refractivity contribution in [3.8, 4) is 0 Å². The first-order valence-electron chi connectivity index (χ1n) is 6.71. The van der Waals surface area contributed by atoms with Gasteiger partial charge in [0.2, 0.25) is 15.9 Å². The fourth-order valence-electron chi connectivity index (χ4n) is 2.05. The second-order valence-electron chi connectivity index (χ2n) is 5.47. The lowest BCUT2D eigenvalue weighted by Gasteiger charge is -2.18. The molecule has 0 aliphatic rings. The van der Waals surface area contributed by atoms with E-state index in [1.165, 1.54) is 18.2 Å². The van der Waals surface area contributed by atoms with Crippen molar-refractivity contribution in [3.05, 3.63) is 29.3 Å². The first kappa shape index (κ1) is 17.6. The van der Waals surface area contributed by atoms with Crippen LogP contribution in [0, 0.1) is 12.8 Å². The summed E-state index contributed by atoms with van der Waals surface area (Å²) in [6.45, 7) is 5.27. The zero-order chi connectivity index (χ0) is 16.2. The Morgan fingerprint density at radius 3 is 2.48 bits per heavy atom. The van der Waals surface area contributed by atoms with E-state index in [0.717, 1.165) is 0 Å². The summed E-state index contributed by atoms with van der Waals surface area (Å²) in [4.78, 5) is 11.3. The van der Waals surface area contributed by atoms with Gasteiger partial charge in [0, 0.05) is 11.6 Å². The Morgan fingerprint density at radius 2 is 2.00 bits per heavy atom. The summed E-state index contributed by atoms with van der Waals surface area (Å²) in [5, 5.41) is 9.27. The molecule has 0 saturated carbocycles. The second kappa shape index (κ2) is 7.02. The van der Waals surface area contributed by atoms with Crippen molar-refractivity contribution in [2.45, 2.75) is 38.1 Å². The largest absolute Gasteiger partial charge is 0.395 e. The molecule has 1 rings (SSSR count). The predicted octanol–water partition coefficient (Wildman–Crippen LogP) is 0.779. The van der Waals surface area contributed by atoms with E-state index in [1.54, 1.807) is 6.92 Å². The molecule has 118 valence electrons. The van der Waals surface area contributed by atoms with Gasteiger partial charge in [0.25, 0.3) is 0 Å². The highest BCUT2D eigenvalue weighted by molar-refractivity contribution is 7.89. The Balaban J connectivity index is 3.07. The van der Waals surface area contributed by atoms with Crippen LogP contribution in [0.5, 0.6) is 0 Å². The van der Waals surface area contributed by atoms with E-state index in [1.807, 2.05) is 13.8 Å². The number of hydrogen-bond acceptors (Lipinski definition) is 4. The molecule has 0 aliphatic heterocycles. The van der Waals surface area contributed by atoms with Crippen LogP contribution in [0.25, 0.3) is 0 Å². The summed E-state index contributed by atoms with van der Waals surface area (Å²) in [7, 11) is -3.81. The molecule has 0 aromatic heterocycles. The Morgan fingerprint density at radius 1 is 1.38 bits per heavy atom. The van der Waals surface area contributed by atoms with Gasteiger partial charge in [-0.25, -0.2) is 13.1 Å². The van der Waals surface area contributed by atoms with Gasteiger partial charge < -0.3 is 10.8 Å². The van der Waals surface area contributed by atoms with Crippen molar-refractivity contribution in [1.82, 2.24) is 4.72 Å². The van der Waals surface area contributed by atoms with Gasteiger partial charge in [0.1, 0.15) is 0 Å². The third kappa shape index (κ3) is 4.80. The summed E-state index contributed by atoms with van der Waals surface area (Å²) in [5.74, 6) is -0.436. The van der Waals surface area contributed by atoms with Gasteiger partial charge in [-0.15, -0.1) is 0 Å². The van der Waals surface area contributed by atoms with E-state index in [0.29, 0.717) is 12.0 Å². The maximum absolute atomic E-state index is 12.3. The lowest BCUT2D eigenvalue weighted by molar-refractivity contribution is 0.0999. The number of nitrogens with two attached hydrogens (primary N) is 1. The molecule has 1 amide bonds. The number of carbonyl (C=O) groups is 1. The third-order valence-corrected chi connectivity index (χ3v) is 4.60. The molecule has 0 bridgehead atoms. The number of nitrogens with one attached hydrogen (secondary N) is 1. The molecule has 0 heterocycles. The molecule has 1 atom stereocenters. The van der Waals surface area contributed by atoms with E-state index in [4.69, 9.17) is 5.73 Å². The summed E-state index contributed by atoms with van der Waals surface area (Å²) < 4.78 is 27.0. The number of rotatable bonds is 7. The summed E-state index contributed by atoms with van der Waals surface area (Å²) in [6, 6.07) is 3.64. The SMILES string of the molecule is Cc1ccc(S(=O)(=O)NC(CO)CC(C)C)cc1C(N)=O. The summed E-state index contributed by atoms with van der Waals surface area (Å²) >= 11 is 0. The van der Waals surface area contributed by atoms with Crippen molar-refractivity contribution in [3.63, 3.8) is 0 Å². The quantitative estimate of drug-likeness (QED) is 0.690. The van der Waals surface area contributed by atoms with Crippen LogP contribution >= 0.6 is 0 Å². The van der Waals surface area contributed by atoms with Crippen LogP contribution in [0.15, 0.2) is 23.1 Å². The molecule has 6 nitrogen and oxygen atoms in total. The van der Waals surface area contributed by atoms with Crippen molar-refractivity contribution < 1.29 is 18.3 Å². The molecular weight excluding hydrogens is 292 g/mol. The number of carbonyl (C=O) groups excluding carboxylic acids is 1. The number of amides is 1. The molecule has 0 fully saturated rings. The number of aryl methyl sites for hydroxylation is 1. The van der Waals surface area contributed by atoms with Gasteiger partial charge in [0.15, 0.2) is 0 Å². The van der Waals surface area contributed by atoms with Crippen LogP contribution in [-0.4, -0.2) is 32.1 Å². The Kier molecular flexibility index (Phi) is 5.88. The molecule has 0 radical (unpaired) electrons. The molecular formula is C14H22N2O4S. The summed E-state index contributed by atoms with van der Waals surface area (Å²) in [5.41, 5.74) is 6.01. The van der Waals surface area contributed by atoms with Gasteiger partial charge in [0.05, 0.1) is 11.5 Å². The van der Waals surface area contributed by atoms with Crippen LogP contribution in [-0.2, 0) is 10.0 Å². The fourth-order valence-corrected chi connectivity index (χ4v) is 3.32. The van der Waals surface area contributed by atoms with Gasteiger partial charge in [-0.1, -0.05) is 19.9 Å². The lowest BCUT2D eigenvalue weighted by atomic mass is 10.1. The Labute approximate surface area is 125 Å². The van der Waals surface area contributed by atoms with Crippen molar-refractivity contribution in [1.29, 1.82) is 0 Å². The number of benzene rings is 1. The number of primary amides is 1. The molecule has 21 heavy (non-hydrogen) atoms. The molecule has 7 heteroatoms. The highest BCUT2D eigenvalue weighted by atomic mass is 32.2. The number of aliphatic hydroxyl groups excluding tert-OH is 1. The predicted molar refractivity (Wildman–Crippen MR) is 80.3 cm³/mol. The van der Waals surface area contributed by atoms with Gasteiger partial charge in [-0.05, 0) is 37.0 Å². The summed E-state index contributed by atoms with van der Waals surface area (Å²) in [6.07, 6.45) is 0.518. The van der Waals surface area contributed by atoms with Gasteiger partial charge in [-0.3, -0.25) is 4.79 Å². The normalized spacial score (nSPS) is 13.4. The van der Waals surface area contributed by atoms with Gasteiger partial charge >= 0.3 is 0 Å². The Hall–Kier alpha value is -1.44. The average molecular weight is 314 g/mol. The minimum Gasteiger partial charge on any atom is -0.395 e. The second-order valence-corrected chi connectivity index (χ2v) is 7.19. The lowest BCUT2D eigenvalue weighted by Crippen LogP contribution is -2.38. The highest BCUT2D eigenvalue weighted by Crippen LogP contribution is 2.16. The molecule has 4 N–H and O–H groups in total. The van der Waals surface area contributed by atoms with E-state index < -0.39 is 22.0 Å². The maximum atomic E-state index is 12.3. The van der Waals surface area contributed by atoms with Crippen LogP contribution in [0.4, 0.5) is 0 Å². The first-order chi connectivity index (χ1) is 9.67. The van der Waals surface area contributed by atoms with Crippen LogP contribution in [0.2, 0.25) is 0 Å². The zero-order valence-electron chi connectivity index (χ0n) is 12.5. The Bertz CT molecular complexity index is 611. The molecule has 0 saturated heterocycles. The van der Waals surface area contributed by atoms with E-state index in [9.17, 15) is 18.3 Å². The number of hydrogen-bond donors (Lipinski definition) is 3. The van der Waals surface area contributed by atoms with Crippen LogP contribution in [0.3, 0.4) is 0 Å². The monoisotopic (exact) mass is 314 g/mol. The average Bonchev–Trinajstić information content (AvgIpc) is 2.36. The van der Waals surface area contributed by atoms with Crippen LogP contribution in [0.1, 0.15) is 36.2 Å². The number of sulfonamides is 1. The van der Waals surface area contributed by atoms with Crippen molar-refractivity contribution >= 4 is 15.9 Å². The van der Waals surface area contributed by atoms with E-state index >= 15 is 0 Å². The smallest absolute Gasteiger partial charge is 0.249 e. The van der Waals surface area contributed by atoms with Crippen LogP contribution < -0.4 is 10.5 Å². The minimum absolute atomic E-state index is 0.0379. The van der Waals surface area contributed by atoms with E-state index in [-0.39, 0.29) is 23.0 Å². The fraction of sp³-hybridized carbons (Fsp3) is 0.500. The van der Waals surface area contributed by atoms with Crippen molar-refractivity contribution in [2.75, 3.05) is 6.61 Å². The molecule has 0 spiro atoms. The van der Waals surface area contributed by atoms with Gasteiger partial charge in [-0.2, -0.15) is 0 Å². The third-order valence-electron chi connectivity index (χ3n) is 3.08. The maximum Gasteiger partial charge on any atom is 0.249 e. The molecule has 0 aliphatic carbocycles. The number of aliphatic hydroxyl groups is 1. The van der Waals surface area contributed by atoms with E-state index in [2.05, 4.69) is 4.72 Å².